The summed E-state index contributed by atoms with van der Waals surface area (Å²) < 4.78 is 3.43. The maximum Gasteiger partial charge on any atom is 0.247 e. The van der Waals surface area contributed by atoms with Crippen molar-refractivity contribution in [2.24, 2.45) is 0 Å². The van der Waals surface area contributed by atoms with Crippen molar-refractivity contribution < 1.29 is 0 Å². The van der Waals surface area contributed by atoms with Gasteiger partial charge in [-0.05, 0) is 54.6 Å². The zero-order chi connectivity index (χ0) is 19.3. The lowest BCUT2D eigenvalue weighted by molar-refractivity contribution is 0.781. The van der Waals surface area contributed by atoms with Crippen LogP contribution in [0.4, 0.5) is 11.8 Å². The lowest BCUT2D eigenvalue weighted by Gasteiger charge is -2.08. The molecule has 3 aromatic heterocycles. The maximum atomic E-state index is 4.41. The summed E-state index contributed by atoms with van der Waals surface area (Å²) in [7, 11) is 0. The minimum atomic E-state index is 0.582. The molecule has 0 fully saturated rings. The summed E-state index contributed by atoms with van der Waals surface area (Å²) in [5, 5.41) is 31.1. The fraction of sp³-hybridized carbons (Fsp3) is 0.222. The Balaban J connectivity index is 1.32. The maximum absolute atomic E-state index is 4.41. The molecule has 0 atom stereocenters. The van der Waals surface area contributed by atoms with Crippen molar-refractivity contribution in [1.82, 2.24) is 40.2 Å². The molecule has 0 amide bonds. The zero-order valence-electron chi connectivity index (χ0n) is 15.6. The molecule has 0 radical (unpaired) electrons. The highest BCUT2D eigenvalue weighted by Crippen LogP contribution is 2.11. The summed E-state index contributed by atoms with van der Waals surface area (Å²) in [5.74, 6) is 1.96. The number of rotatable bonds is 7. The lowest BCUT2D eigenvalue weighted by atomic mass is 10.3. The van der Waals surface area contributed by atoms with Crippen LogP contribution >= 0.6 is 0 Å². The molecule has 10 nitrogen and oxygen atoms in total. The number of hydrogen-bond acceptors (Lipinski definition) is 8. The van der Waals surface area contributed by atoms with Crippen molar-refractivity contribution in [2.45, 2.75) is 13.8 Å². The number of nitrogens with zero attached hydrogens (tertiary/aromatic N) is 8. The first-order valence-corrected chi connectivity index (χ1v) is 8.89. The third-order valence-corrected chi connectivity index (χ3v) is 4.06. The fourth-order valence-electron chi connectivity index (χ4n) is 2.80. The van der Waals surface area contributed by atoms with Gasteiger partial charge in [0.1, 0.15) is 5.82 Å². The molecule has 2 N–H and O–H groups in total. The first-order chi connectivity index (χ1) is 13.7. The van der Waals surface area contributed by atoms with E-state index in [0.717, 1.165) is 17.1 Å². The number of para-hydroxylation sites is 1. The van der Waals surface area contributed by atoms with Crippen LogP contribution in [-0.4, -0.2) is 53.3 Å². The predicted octanol–water partition coefficient (Wildman–Crippen LogP) is 1.78. The largest absolute Gasteiger partial charge is 0.367 e. The van der Waals surface area contributed by atoms with Crippen LogP contribution in [0.2, 0.25) is 0 Å². The fourth-order valence-corrected chi connectivity index (χ4v) is 2.80. The van der Waals surface area contributed by atoms with Crippen molar-refractivity contribution in [1.29, 1.82) is 0 Å². The van der Waals surface area contributed by atoms with Crippen molar-refractivity contribution in [3.05, 3.63) is 59.9 Å². The van der Waals surface area contributed by atoms with Gasteiger partial charge in [0, 0.05) is 18.8 Å². The summed E-state index contributed by atoms with van der Waals surface area (Å²) in [6, 6.07) is 15.5. The van der Waals surface area contributed by atoms with Crippen molar-refractivity contribution >= 4 is 11.8 Å². The molecule has 4 rings (SSSR count). The molecule has 0 aliphatic rings. The van der Waals surface area contributed by atoms with Gasteiger partial charge in [0.25, 0.3) is 0 Å². The Labute approximate surface area is 161 Å². The van der Waals surface area contributed by atoms with Gasteiger partial charge in [-0.15, -0.1) is 10.2 Å². The second-order valence-corrected chi connectivity index (χ2v) is 6.22. The van der Waals surface area contributed by atoms with E-state index in [0.29, 0.717) is 30.7 Å². The molecule has 28 heavy (non-hydrogen) atoms. The van der Waals surface area contributed by atoms with Crippen LogP contribution < -0.4 is 10.6 Å². The van der Waals surface area contributed by atoms with Gasteiger partial charge in [0.15, 0.2) is 5.82 Å². The molecular formula is C18H20N10. The quantitative estimate of drug-likeness (QED) is 0.470. The van der Waals surface area contributed by atoms with Crippen LogP contribution in [0.1, 0.15) is 11.4 Å². The van der Waals surface area contributed by atoms with Gasteiger partial charge in [-0.1, -0.05) is 23.3 Å². The van der Waals surface area contributed by atoms with E-state index in [1.807, 2.05) is 62.4 Å². The number of anilines is 2. The summed E-state index contributed by atoms with van der Waals surface area (Å²) in [4.78, 5) is 0. The number of tetrazole rings is 1. The van der Waals surface area contributed by atoms with Gasteiger partial charge in [-0.2, -0.15) is 9.78 Å². The third-order valence-electron chi connectivity index (χ3n) is 4.06. The van der Waals surface area contributed by atoms with E-state index in [4.69, 9.17) is 0 Å². The molecule has 0 bridgehead atoms. The Morgan fingerprint density at radius 2 is 1.68 bits per heavy atom. The molecule has 0 spiro atoms. The van der Waals surface area contributed by atoms with Gasteiger partial charge in [0.05, 0.1) is 11.4 Å². The standard InChI is InChI=1S/C18H20N10/c1-13-12-14(2)27(24-13)17-9-8-16(21-22-17)19-10-11-20-18-23-25-26-28(18)15-6-4-3-5-7-15/h3-9,12H,10-11H2,1-2H3,(H,19,21)(H,20,23,26). The molecule has 0 saturated carbocycles. The Hall–Kier alpha value is -3.82. The van der Waals surface area contributed by atoms with Gasteiger partial charge in [0.2, 0.25) is 5.95 Å². The first kappa shape index (κ1) is 17.6. The van der Waals surface area contributed by atoms with E-state index in [-0.39, 0.29) is 0 Å². The number of aryl methyl sites for hydroxylation is 2. The molecule has 3 heterocycles. The van der Waals surface area contributed by atoms with E-state index in [1.54, 1.807) is 9.36 Å². The zero-order valence-corrected chi connectivity index (χ0v) is 15.6. The molecule has 0 aliphatic heterocycles. The van der Waals surface area contributed by atoms with Crippen LogP contribution in [0.25, 0.3) is 11.5 Å². The highest BCUT2D eigenvalue weighted by molar-refractivity contribution is 5.39. The summed E-state index contributed by atoms with van der Waals surface area (Å²) >= 11 is 0. The van der Waals surface area contributed by atoms with Crippen LogP contribution in [0, 0.1) is 13.8 Å². The van der Waals surface area contributed by atoms with Gasteiger partial charge in [-0.3, -0.25) is 0 Å². The van der Waals surface area contributed by atoms with Crippen molar-refractivity contribution in [3.8, 4) is 11.5 Å². The molecular weight excluding hydrogens is 356 g/mol. The number of hydrogen-bond donors (Lipinski definition) is 2. The Bertz CT molecular complexity index is 1040. The lowest BCUT2D eigenvalue weighted by Crippen LogP contribution is -2.17. The summed E-state index contributed by atoms with van der Waals surface area (Å²) in [5.41, 5.74) is 2.87. The van der Waals surface area contributed by atoms with E-state index >= 15 is 0 Å². The molecule has 0 aliphatic carbocycles. The second kappa shape index (κ2) is 7.82. The minimum Gasteiger partial charge on any atom is -0.367 e. The van der Waals surface area contributed by atoms with E-state index in [9.17, 15) is 0 Å². The number of nitrogens with one attached hydrogen (secondary N) is 2. The molecule has 0 unspecified atom stereocenters. The Kier molecular flexibility index (Phi) is 4.91. The highest BCUT2D eigenvalue weighted by Gasteiger charge is 2.08. The van der Waals surface area contributed by atoms with Crippen molar-refractivity contribution in [3.63, 3.8) is 0 Å². The van der Waals surface area contributed by atoms with E-state index < -0.39 is 0 Å². The van der Waals surface area contributed by atoms with Gasteiger partial charge >= 0.3 is 0 Å². The average molecular weight is 376 g/mol. The van der Waals surface area contributed by atoms with Gasteiger partial charge in [-0.25, -0.2) is 4.68 Å². The molecule has 0 saturated heterocycles. The first-order valence-electron chi connectivity index (χ1n) is 8.89. The molecule has 142 valence electrons. The average Bonchev–Trinajstić information content (AvgIpc) is 3.32. The minimum absolute atomic E-state index is 0.582. The smallest absolute Gasteiger partial charge is 0.247 e. The monoisotopic (exact) mass is 376 g/mol. The SMILES string of the molecule is Cc1cc(C)n(-c2ccc(NCCNc3nnnn3-c3ccccc3)nn2)n1. The number of benzene rings is 1. The normalized spacial score (nSPS) is 10.8. The van der Waals surface area contributed by atoms with Gasteiger partial charge < -0.3 is 10.6 Å². The van der Waals surface area contributed by atoms with Crippen LogP contribution in [0.5, 0.6) is 0 Å². The van der Waals surface area contributed by atoms with Crippen LogP contribution in [0.15, 0.2) is 48.5 Å². The summed E-state index contributed by atoms with van der Waals surface area (Å²) in [6.07, 6.45) is 0. The van der Waals surface area contributed by atoms with Crippen LogP contribution in [0.3, 0.4) is 0 Å². The van der Waals surface area contributed by atoms with E-state index in [1.165, 1.54) is 0 Å². The highest BCUT2D eigenvalue weighted by atomic mass is 15.6. The van der Waals surface area contributed by atoms with Crippen LogP contribution in [-0.2, 0) is 0 Å². The second-order valence-electron chi connectivity index (χ2n) is 6.22. The predicted molar refractivity (Wildman–Crippen MR) is 105 cm³/mol. The Morgan fingerprint density at radius 1 is 0.857 bits per heavy atom. The third kappa shape index (κ3) is 3.80. The molecule has 4 aromatic rings. The van der Waals surface area contributed by atoms with E-state index in [2.05, 4.69) is 41.5 Å². The van der Waals surface area contributed by atoms with Crippen molar-refractivity contribution in [2.75, 3.05) is 23.7 Å². The molecule has 1 aromatic carbocycles. The number of aromatic nitrogens is 8. The summed E-state index contributed by atoms with van der Waals surface area (Å²) in [6.45, 7) is 5.19. The topological polar surface area (TPSA) is 111 Å². The molecule has 10 heteroatoms. The Morgan fingerprint density at radius 3 is 2.39 bits per heavy atom.